The van der Waals surface area contributed by atoms with Crippen molar-refractivity contribution in [3.05, 3.63) is 0 Å². The maximum Gasteiger partial charge on any atom is 0.170 e. The minimum Gasteiger partial charge on any atom is -0.348 e. The Bertz CT molecular complexity index is 313. The Morgan fingerprint density at radius 1 is 0.714 bits per heavy atom. The van der Waals surface area contributed by atoms with Crippen molar-refractivity contribution in [2.24, 2.45) is 10.8 Å². The number of hydrogen-bond acceptors (Lipinski definition) is 4. The lowest BCUT2D eigenvalue weighted by Crippen LogP contribution is -2.40. The van der Waals surface area contributed by atoms with E-state index in [0.717, 1.165) is 32.8 Å². The highest BCUT2D eigenvalue weighted by atomic mass is 16.7. The summed E-state index contributed by atoms with van der Waals surface area (Å²) in [5, 5.41) is 0. The Labute approximate surface area is 130 Å². The molecule has 2 saturated heterocycles. The predicted octanol–water partition coefficient (Wildman–Crippen LogP) is 3.98. The van der Waals surface area contributed by atoms with Crippen molar-refractivity contribution in [3.63, 3.8) is 0 Å². The Balaban J connectivity index is 0.000000211. The van der Waals surface area contributed by atoms with Crippen LogP contribution in [0.2, 0.25) is 0 Å². The van der Waals surface area contributed by atoms with E-state index >= 15 is 0 Å². The third-order valence-corrected chi connectivity index (χ3v) is 3.95. The summed E-state index contributed by atoms with van der Waals surface area (Å²) in [7, 11) is 0. The lowest BCUT2D eigenvalue weighted by atomic mass is 9.87. The molecular weight excluding hydrogens is 268 g/mol. The highest BCUT2D eigenvalue weighted by molar-refractivity contribution is 4.82. The fourth-order valence-electron chi connectivity index (χ4n) is 2.57. The van der Waals surface area contributed by atoms with E-state index in [2.05, 4.69) is 41.5 Å². The zero-order valence-corrected chi connectivity index (χ0v) is 15.2. The standard InChI is InChI=1S/C9H18O2.C8H16O2/c1-8(2,3)7-9(4)10-5-6-11-9;1-7(2,3)8(4)9-5-6-10-8/h5-7H2,1-4H3;5-6H2,1-4H3. The van der Waals surface area contributed by atoms with Crippen LogP contribution in [0, 0.1) is 10.8 Å². The van der Waals surface area contributed by atoms with Gasteiger partial charge in [0.15, 0.2) is 11.6 Å². The summed E-state index contributed by atoms with van der Waals surface area (Å²) in [5.74, 6) is -0.689. The fraction of sp³-hybridized carbons (Fsp3) is 1.00. The molecule has 4 nitrogen and oxygen atoms in total. The van der Waals surface area contributed by atoms with Crippen LogP contribution >= 0.6 is 0 Å². The second-order valence-electron chi connectivity index (χ2n) is 8.46. The molecule has 0 aromatic carbocycles. The molecule has 2 aliphatic heterocycles. The summed E-state index contributed by atoms with van der Waals surface area (Å²) in [5.41, 5.74) is 0.350. The van der Waals surface area contributed by atoms with Gasteiger partial charge in [-0.1, -0.05) is 41.5 Å². The SMILES string of the molecule is CC(C)(C)C1(C)OCCO1.CC(C)(C)CC1(C)OCCO1. The van der Waals surface area contributed by atoms with Gasteiger partial charge in [-0.05, 0) is 19.3 Å². The molecule has 0 aliphatic carbocycles. The Kier molecular flexibility index (Phi) is 5.87. The zero-order valence-electron chi connectivity index (χ0n) is 15.2. The quantitative estimate of drug-likeness (QED) is 0.734. The average Bonchev–Trinajstić information content (AvgIpc) is 2.85. The molecule has 2 aliphatic rings. The maximum atomic E-state index is 5.49. The smallest absolute Gasteiger partial charge is 0.170 e. The molecule has 21 heavy (non-hydrogen) atoms. The molecule has 2 rings (SSSR count). The molecule has 0 aromatic rings. The van der Waals surface area contributed by atoms with Crippen LogP contribution in [-0.4, -0.2) is 38.0 Å². The first-order valence-corrected chi connectivity index (χ1v) is 7.93. The Morgan fingerprint density at radius 2 is 1.10 bits per heavy atom. The largest absolute Gasteiger partial charge is 0.348 e. The summed E-state index contributed by atoms with van der Waals surface area (Å²) in [6.45, 7) is 19.9. The predicted molar refractivity (Wildman–Crippen MR) is 84.1 cm³/mol. The van der Waals surface area contributed by atoms with Crippen molar-refractivity contribution in [1.29, 1.82) is 0 Å². The van der Waals surface area contributed by atoms with E-state index in [1.165, 1.54) is 0 Å². The van der Waals surface area contributed by atoms with Crippen molar-refractivity contribution in [2.45, 2.75) is 73.4 Å². The highest BCUT2D eigenvalue weighted by Crippen LogP contribution is 2.37. The number of rotatable bonds is 1. The van der Waals surface area contributed by atoms with Gasteiger partial charge in [-0.25, -0.2) is 0 Å². The van der Waals surface area contributed by atoms with Gasteiger partial charge in [0.25, 0.3) is 0 Å². The van der Waals surface area contributed by atoms with E-state index < -0.39 is 0 Å². The van der Waals surface area contributed by atoms with Gasteiger partial charge >= 0.3 is 0 Å². The summed E-state index contributed by atoms with van der Waals surface area (Å²) < 4.78 is 22.0. The molecule has 0 radical (unpaired) electrons. The molecule has 0 N–H and O–H groups in total. The zero-order chi connectivity index (χ0) is 16.4. The molecule has 2 fully saturated rings. The molecule has 126 valence electrons. The van der Waals surface area contributed by atoms with Crippen molar-refractivity contribution < 1.29 is 18.9 Å². The van der Waals surface area contributed by atoms with E-state index in [1.54, 1.807) is 0 Å². The van der Waals surface area contributed by atoms with Gasteiger partial charge in [-0.15, -0.1) is 0 Å². The van der Waals surface area contributed by atoms with Crippen molar-refractivity contribution in [2.75, 3.05) is 26.4 Å². The van der Waals surface area contributed by atoms with E-state index in [-0.39, 0.29) is 22.4 Å². The molecule has 0 spiro atoms. The van der Waals surface area contributed by atoms with Gasteiger partial charge in [-0.2, -0.15) is 0 Å². The van der Waals surface area contributed by atoms with Gasteiger partial charge in [0, 0.05) is 11.8 Å². The molecule has 0 aromatic heterocycles. The van der Waals surface area contributed by atoms with Crippen LogP contribution in [0.5, 0.6) is 0 Å². The first-order chi connectivity index (χ1) is 9.37. The minimum absolute atomic E-state index is 0.0729. The van der Waals surface area contributed by atoms with Crippen LogP contribution in [0.4, 0.5) is 0 Å². The molecule has 2 heterocycles. The number of ether oxygens (including phenoxy) is 4. The molecule has 0 amide bonds. The summed E-state index contributed by atoms with van der Waals surface area (Å²) in [4.78, 5) is 0. The van der Waals surface area contributed by atoms with Gasteiger partial charge in [-0.3, -0.25) is 0 Å². The molecule has 4 heteroatoms. The summed E-state index contributed by atoms with van der Waals surface area (Å²) >= 11 is 0. The second-order valence-corrected chi connectivity index (χ2v) is 8.46. The summed E-state index contributed by atoms with van der Waals surface area (Å²) in [6, 6.07) is 0. The molecule has 0 saturated carbocycles. The third-order valence-electron chi connectivity index (χ3n) is 3.95. The van der Waals surface area contributed by atoms with E-state index in [9.17, 15) is 0 Å². The lowest BCUT2D eigenvalue weighted by Gasteiger charge is -2.36. The van der Waals surface area contributed by atoms with Crippen LogP contribution < -0.4 is 0 Å². The molecule has 0 atom stereocenters. The number of hydrogen-bond donors (Lipinski definition) is 0. The van der Waals surface area contributed by atoms with Gasteiger partial charge in [0.2, 0.25) is 0 Å². The topological polar surface area (TPSA) is 36.9 Å². The minimum atomic E-state index is -0.368. The van der Waals surface area contributed by atoms with Crippen LogP contribution in [0.15, 0.2) is 0 Å². The second kappa shape index (κ2) is 6.53. The maximum absolute atomic E-state index is 5.49. The fourth-order valence-corrected chi connectivity index (χ4v) is 2.57. The molecule has 0 unspecified atom stereocenters. The Morgan fingerprint density at radius 3 is 1.38 bits per heavy atom. The average molecular weight is 302 g/mol. The lowest BCUT2D eigenvalue weighted by molar-refractivity contribution is -0.208. The highest BCUT2D eigenvalue weighted by Gasteiger charge is 2.42. The molecular formula is C17H34O4. The molecule has 0 bridgehead atoms. The Hall–Kier alpha value is -0.160. The van der Waals surface area contributed by atoms with Gasteiger partial charge < -0.3 is 18.9 Å². The van der Waals surface area contributed by atoms with Gasteiger partial charge in [0.1, 0.15) is 0 Å². The van der Waals surface area contributed by atoms with Crippen LogP contribution in [0.3, 0.4) is 0 Å². The van der Waals surface area contributed by atoms with E-state index in [4.69, 9.17) is 18.9 Å². The first kappa shape index (κ1) is 18.9. The van der Waals surface area contributed by atoms with Crippen molar-refractivity contribution >= 4 is 0 Å². The van der Waals surface area contributed by atoms with E-state index in [0.29, 0.717) is 0 Å². The van der Waals surface area contributed by atoms with Crippen LogP contribution in [-0.2, 0) is 18.9 Å². The monoisotopic (exact) mass is 302 g/mol. The third kappa shape index (κ3) is 5.85. The first-order valence-electron chi connectivity index (χ1n) is 7.93. The normalized spacial score (nSPS) is 24.6. The van der Waals surface area contributed by atoms with Crippen molar-refractivity contribution in [3.8, 4) is 0 Å². The van der Waals surface area contributed by atoms with Crippen molar-refractivity contribution in [1.82, 2.24) is 0 Å². The van der Waals surface area contributed by atoms with E-state index in [1.807, 2.05) is 13.8 Å². The van der Waals surface area contributed by atoms with Crippen LogP contribution in [0.25, 0.3) is 0 Å². The summed E-state index contributed by atoms with van der Waals surface area (Å²) in [6.07, 6.45) is 0.958. The van der Waals surface area contributed by atoms with Crippen LogP contribution in [0.1, 0.15) is 61.8 Å². The van der Waals surface area contributed by atoms with Gasteiger partial charge in [0.05, 0.1) is 26.4 Å².